The Kier molecular flexibility index (Phi) is 25.2. The summed E-state index contributed by atoms with van der Waals surface area (Å²) in [5, 5.41) is 0. The van der Waals surface area contributed by atoms with Crippen LogP contribution in [0.1, 0.15) is 169 Å². The van der Waals surface area contributed by atoms with E-state index in [-0.39, 0.29) is 11.9 Å². The maximum absolute atomic E-state index is 12.3. The summed E-state index contributed by atoms with van der Waals surface area (Å²) in [6.07, 6.45) is 26.3. The van der Waals surface area contributed by atoms with E-state index in [0.717, 1.165) is 34.6 Å². The van der Waals surface area contributed by atoms with Crippen LogP contribution in [0.4, 0.5) is 0 Å². The zero-order valence-corrected chi connectivity index (χ0v) is 27.0. The average Bonchev–Trinajstić information content (AvgIpc) is 2.86. The van der Waals surface area contributed by atoms with E-state index in [4.69, 9.17) is 6.15 Å². The van der Waals surface area contributed by atoms with Crippen molar-refractivity contribution in [1.82, 2.24) is 0 Å². The Morgan fingerprint density at radius 1 is 0.429 bits per heavy atom. The summed E-state index contributed by atoms with van der Waals surface area (Å²) in [4.78, 5) is 24.6. The standard InChI is InChI=1S/2C12H25.2C3H6O2.Sn/c2*1-3-5-7-9-11-12-10-8-6-4-2;2*1-2-3(4)5;/h2*1,3-12H2,2H3;2*2H2,1H3,(H,4,5);/q;;;;+2/p-2. The van der Waals surface area contributed by atoms with E-state index < -0.39 is 19.2 Å². The summed E-state index contributed by atoms with van der Waals surface area (Å²) in [6.45, 7) is 8.19. The molecule has 0 N–H and O–H groups in total. The van der Waals surface area contributed by atoms with Gasteiger partial charge in [-0.25, -0.2) is 0 Å². The van der Waals surface area contributed by atoms with Gasteiger partial charge in [0.1, 0.15) is 0 Å². The van der Waals surface area contributed by atoms with Gasteiger partial charge in [-0.15, -0.1) is 0 Å². The molecule has 0 aromatic rings. The molecular formula is C30H60O4Sn. The Morgan fingerprint density at radius 2 is 0.686 bits per heavy atom. The SMILES string of the molecule is CCCCCCCCCCC[CH2][Sn]([CH2]CCCCCCCCCCC)([O]C(=O)CC)[O]C(=O)CC. The number of carbonyl (C=O) groups is 2. The van der Waals surface area contributed by atoms with Gasteiger partial charge in [-0.3, -0.25) is 0 Å². The average molecular weight is 604 g/mol. The number of unbranched alkanes of at least 4 members (excludes halogenated alkanes) is 18. The monoisotopic (exact) mass is 604 g/mol. The third kappa shape index (κ3) is 21.5. The third-order valence-electron chi connectivity index (χ3n) is 7.00. The van der Waals surface area contributed by atoms with E-state index >= 15 is 0 Å². The van der Waals surface area contributed by atoms with Crippen molar-refractivity contribution in [2.24, 2.45) is 0 Å². The van der Waals surface area contributed by atoms with Crippen LogP contribution in [-0.4, -0.2) is 31.1 Å². The second-order valence-corrected chi connectivity index (χ2v) is 19.6. The van der Waals surface area contributed by atoms with Crippen molar-refractivity contribution in [3.8, 4) is 0 Å². The van der Waals surface area contributed by atoms with Gasteiger partial charge in [-0.2, -0.15) is 0 Å². The van der Waals surface area contributed by atoms with Gasteiger partial charge in [0.05, 0.1) is 0 Å². The molecule has 0 fully saturated rings. The Morgan fingerprint density at radius 3 is 0.943 bits per heavy atom. The van der Waals surface area contributed by atoms with Crippen LogP contribution in [-0.2, 0) is 15.7 Å². The van der Waals surface area contributed by atoms with E-state index in [9.17, 15) is 9.59 Å². The summed E-state index contributed by atoms with van der Waals surface area (Å²) >= 11 is -3.75. The van der Waals surface area contributed by atoms with Crippen LogP contribution in [0.3, 0.4) is 0 Å². The predicted molar refractivity (Wildman–Crippen MR) is 152 cm³/mol. The molecule has 0 saturated carbocycles. The zero-order chi connectivity index (χ0) is 26.0. The summed E-state index contributed by atoms with van der Waals surface area (Å²) < 4.78 is 13.8. The molecule has 0 aromatic carbocycles. The van der Waals surface area contributed by atoms with E-state index in [1.54, 1.807) is 0 Å². The number of carbonyl (C=O) groups excluding carboxylic acids is 2. The topological polar surface area (TPSA) is 52.6 Å². The van der Waals surface area contributed by atoms with Gasteiger partial charge in [0.25, 0.3) is 0 Å². The van der Waals surface area contributed by atoms with Gasteiger partial charge in [-0.1, -0.05) is 0 Å². The number of hydrogen-bond acceptors (Lipinski definition) is 4. The first-order valence-corrected chi connectivity index (χ1v) is 21.8. The molecule has 5 heteroatoms. The summed E-state index contributed by atoms with van der Waals surface area (Å²) in [6, 6.07) is 0. The molecule has 0 atom stereocenters. The first-order chi connectivity index (χ1) is 17.0. The quantitative estimate of drug-likeness (QED) is 0.0729. The molecule has 0 rings (SSSR count). The third-order valence-corrected chi connectivity index (χ3v) is 16.8. The molecule has 0 radical (unpaired) electrons. The molecule has 4 nitrogen and oxygen atoms in total. The number of rotatable bonds is 26. The fraction of sp³-hybridized carbons (Fsp3) is 0.933. The van der Waals surface area contributed by atoms with Crippen LogP contribution < -0.4 is 0 Å². The normalized spacial score (nSPS) is 11.5. The molecule has 0 bridgehead atoms. The maximum atomic E-state index is 12.3. The Hall–Kier alpha value is -0.261. The van der Waals surface area contributed by atoms with Crippen molar-refractivity contribution in [3.05, 3.63) is 0 Å². The molecule has 0 spiro atoms. The van der Waals surface area contributed by atoms with Crippen LogP contribution in [0.15, 0.2) is 0 Å². The van der Waals surface area contributed by atoms with Gasteiger partial charge >= 0.3 is 225 Å². The van der Waals surface area contributed by atoms with E-state index in [2.05, 4.69) is 13.8 Å². The van der Waals surface area contributed by atoms with Crippen molar-refractivity contribution >= 4 is 31.1 Å². The predicted octanol–water partition coefficient (Wildman–Crippen LogP) is 10.2. The van der Waals surface area contributed by atoms with Crippen LogP contribution in [0.2, 0.25) is 8.87 Å². The molecule has 0 amide bonds. The first kappa shape index (κ1) is 34.7. The number of hydrogen-bond donors (Lipinski definition) is 0. The van der Waals surface area contributed by atoms with Gasteiger partial charge < -0.3 is 0 Å². The van der Waals surface area contributed by atoms with Crippen LogP contribution >= 0.6 is 0 Å². The van der Waals surface area contributed by atoms with Crippen LogP contribution in [0.25, 0.3) is 0 Å². The van der Waals surface area contributed by atoms with Crippen molar-refractivity contribution < 1.29 is 15.7 Å². The fourth-order valence-electron chi connectivity index (χ4n) is 4.67. The van der Waals surface area contributed by atoms with E-state index in [0.29, 0.717) is 12.8 Å². The van der Waals surface area contributed by atoms with Crippen molar-refractivity contribution in [1.29, 1.82) is 0 Å². The molecule has 0 heterocycles. The van der Waals surface area contributed by atoms with E-state index in [1.807, 2.05) is 13.8 Å². The molecule has 0 aromatic heterocycles. The Labute approximate surface area is 224 Å². The van der Waals surface area contributed by atoms with Gasteiger partial charge in [0.2, 0.25) is 0 Å². The summed E-state index contributed by atoms with van der Waals surface area (Å²) in [5.41, 5.74) is 0. The molecule has 0 aliphatic carbocycles. The fourth-order valence-corrected chi connectivity index (χ4v) is 14.4. The molecule has 0 saturated heterocycles. The Bertz CT molecular complexity index is 451. The van der Waals surface area contributed by atoms with Crippen molar-refractivity contribution in [2.75, 3.05) is 0 Å². The molecule has 0 aliphatic rings. The second-order valence-electron chi connectivity index (χ2n) is 10.4. The minimum absolute atomic E-state index is 0.177. The molecule has 208 valence electrons. The Balaban J connectivity index is 4.49. The minimum atomic E-state index is -3.75. The zero-order valence-electron chi connectivity index (χ0n) is 24.1. The second kappa shape index (κ2) is 25.4. The first-order valence-electron chi connectivity index (χ1n) is 15.5. The van der Waals surface area contributed by atoms with Crippen LogP contribution in [0.5, 0.6) is 0 Å². The van der Waals surface area contributed by atoms with Gasteiger partial charge in [0.15, 0.2) is 0 Å². The van der Waals surface area contributed by atoms with Crippen LogP contribution in [0, 0.1) is 0 Å². The van der Waals surface area contributed by atoms with Gasteiger partial charge in [0, 0.05) is 0 Å². The van der Waals surface area contributed by atoms with Gasteiger partial charge in [-0.05, 0) is 0 Å². The summed E-state index contributed by atoms with van der Waals surface area (Å²) in [5.74, 6) is -0.354. The van der Waals surface area contributed by atoms with E-state index in [1.165, 1.54) is 103 Å². The molecule has 0 unspecified atom stereocenters. The van der Waals surface area contributed by atoms with Crippen molar-refractivity contribution in [2.45, 2.75) is 178 Å². The molecular weight excluding hydrogens is 543 g/mol. The van der Waals surface area contributed by atoms with Crippen molar-refractivity contribution in [3.63, 3.8) is 0 Å². The molecule has 35 heavy (non-hydrogen) atoms. The summed E-state index contributed by atoms with van der Waals surface area (Å²) in [7, 11) is 0. The molecule has 0 aliphatic heterocycles.